The van der Waals surface area contributed by atoms with Gasteiger partial charge < -0.3 is 10.4 Å². The summed E-state index contributed by atoms with van der Waals surface area (Å²) >= 11 is 0. The topological polar surface area (TPSA) is 32.3 Å². The summed E-state index contributed by atoms with van der Waals surface area (Å²) in [7, 11) is 0. The van der Waals surface area contributed by atoms with E-state index in [1.54, 1.807) is 0 Å². The molecule has 0 bridgehead atoms. The van der Waals surface area contributed by atoms with E-state index in [0.717, 1.165) is 12.1 Å². The second-order valence-electron chi connectivity index (χ2n) is 3.36. The van der Waals surface area contributed by atoms with Crippen LogP contribution in [0, 0.1) is 0 Å². The van der Waals surface area contributed by atoms with E-state index in [1.165, 1.54) is 5.56 Å². The summed E-state index contributed by atoms with van der Waals surface area (Å²) in [5, 5.41) is 12.8. The number of benzene rings is 1. The van der Waals surface area contributed by atoms with Crippen LogP contribution >= 0.6 is 0 Å². The smallest absolute Gasteiger partial charge is 0.0779 e. The van der Waals surface area contributed by atoms with E-state index in [-0.39, 0.29) is 12.1 Å². The highest BCUT2D eigenvalue weighted by atomic mass is 16.3. The fourth-order valence-corrected chi connectivity index (χ4v) is 1.58. The fraction of sp³-hybridized carbons (Fsp3) is 0.400. The number of para-hydroxylation sites is 1. The van der Waals surface area contributed by atoms with E-state index in [2.05, 4.69) is 17.4 Å². The SMILES string of the molecule is CC1Nc2ccccc2CC1O. The number of rotatable bonds is 0. The molecule has 1 aromatic carbocycles. The van der Waals surface area contributed by atoms with Crippen LogP contribution in [0.25, 0.3) is 0 Å². The predicted molar refractivity (Wildman–Crippen MR) is 49.2 cm³/mol. The first kappa shape index (κ1) is 7.62. The maximum Gasteiger partial charge on any atom is 0.0779 e. The Labute approximate surface area is 72.2 Å². The molecule has 1 heterocycles. The van der Waals surface area contributed by atoms with Crippen molar-refractivity contribution in [1.82, 2.24) is 0 Å². The Morgan fingerprint density at radius 2 is 2.17 bits per heavy atom. The Balaban J connectivity index is 2.34. The average Bonchev–Trinajstić information content (AvgIpc) is 2.07. The number of fused-ring (bicyclic) bond motifs is 1. The third kappa shape index (κ3) is 1.18. The molecule has 1 aliphatic heterocycles. The summed E-state index contributed by atoms with van der Waals surface area (Å²) in [5.74, 6) is 0. The van der Waals surface area contributed by atoms with E-state index < -0.39 is 0 Å². The van der Waals surface area contributed by atoms with Crippen molar-refractivity contribution < 1.29 is 5.11 Å². The molecule has 2 rings (SSSR count). The normalized spacial score (nSPS) is 27.5. The number of nitrogens with one attached hydrogen (secondary N) is 1. The van der Waals surface area contributed by atoms with Crippen LogP contribution in [0.3, 0.4) is 0 Å². The molecule has 0 spiro atoms. The number of hydrogen-bond donors (Lipinski definition) is 2. The third-order valence-corrected chi connectivity index (χ3v) is 2.41. The number of aliphatic hydroxyl groups excluding tert-OH is 1. The van der Waals surface area contributed by atoms with Crippen LogP contribution in [-0.2, 0) is 6.42 Å². The first-order valence-electron chi connectivity index (χ1n) is 4.30. The van der Waals surface area contributed by atoms with E-state index in [9.17, 15) is 5.11 Å². The maximum atomic E-state index is 9.56. The first-order chi connectivity index (χ1) is 5.77. The molecule has 2 heteroatoms. The molecular formula is C10H13NO. The second-order valence-corrected chi connectivity index (χ2v) is 3.36. The molecule has 0 aliphatic carbocycles. The Hall–Kier alpha value is -1.02. The van der Waals surface area contributed by atoms with Gasteiger partial charge in [-0.25, -0.2) is 0 Å². The average molecular weight is 163 g/mol. The highest BCUT2D eigenvalue weighted by molar-refractivity contribution is 5.54. The van der Waals surface area contributed by atoms with Crippen LogP contribution in [0.2, 0.25) is 0 Å². The van der Waals surface area contributed by atoms with Gasteiger partial charge in [0.05, 0.1) is 6.10 Å². The van der Waals surface area contributed by atoms with Crippen LogP contribution in [0.1, 0.15) is 12.5 Å². The molecule has 2 nitrogen and oxygen atoms in total. The lowest BCUT2D eigenvalue weighted by molar-refractivity contribution is 0.154. The van der Waals surface area contributed by atoms with Crippen LogP contribution in [0.4, 0.5) is 5.69 Å². The van der Waals surface area contributed by atoms with Crippen molar-refractivity contribution in [3.05, 3.63) is 29.8 Å². The Bertz CT molecular complexity index is 256. The molecule has 2 N–H and O–H groups in total. The van der Waals surface area contributed by atoms with Crippen LogP contribution in [-0.4, -0.2) is 17.3 Å². The molecule has 0 aromatic heterocycles. The highest BCUT2D eigenvalue weighted by Crippen LogP contribution is 2.23. The summed E-state index contributed by atoms with van der Waals surface area (Å²) in [4.78, 5) is 0. The zero-order chi connectivity index (χ0) is 8.55. The van der Waals surface area contributed by atoms with Gasteiger partial charge in [-0.2, -0.15) is 0 Å². The van der Waals surface area contributed by atoms with Crippen molar-refractivity contribution in [2.75, 3.05) is 5.32 Å². The van der Waals surface area contributed by atoms with Gasteiger partial charge in [0.25, 0.3) is 0 Å². The van der Waals surface area contributed by atoms with Gasteiger partial charge in [0.15, 0.2) is 0 Å². The number of anilines is 1. The van der Waals surface area contributed by atoms with Gasteiger partial charge in [-0.15, -0.1) is 0 Å². The van der Waals surface area contributed by atoms with Crippen molar-refractivity contribution in [3.63, 3.8) is 0 Å². The number of aliphatic hydroxyl groups is 1. The molecule has 1 aromatic rings. The summed E-state index contributed by atoms with van der Waals surface area (Å²) in [6.45, 7) is 2.00. The van der Waals surface area contributed by atoms with E-state index in [1.807, 2.05) is 19.1 Å². The maximum absolute atomic E-state index is 9.56. The minimum atomic E-state index is -0.250. The van der Waals surface area contributed by atoms with Crippen LogP contribution in [0.5, 0.6) is 0 Å². The lowest BCUT2D eigenvalue weighted by atomic mass is 9.97. The largest absolute Gasteiger partial charge is 0.391 e. The van der Waals surface area contributed by atoms with Crippen molar-refractivity contribution in [2.24, 2.45) is 0 Å². The Kier molecular flexibility index (Phi) is 1.77. The molecule has 0 fully saturated rings. The van der Waals surface area contributed by atoms with Crippen molar-refractivity contribution >= 4 is 5.69 Å². The lowest BCUT2D eigenvalue weighted by Gasteiger charge is -2.28. The summed E-state index contributed by atoms with van der Waals surface area (Å²) < 4.78 is 0. The zero-order valence-corrected chi connectivity index (χ0v) is 7.12. The van der Waals surface area contributed by atoms with Gasteiger partial charge in [-0.3, -0.25) is 0 Å². The molecule has 1 aliphatic rings. The van der Waals surface area contributed by atoms with Crippen molar-refractivity contribution in [2.45, 2.75) is 25.5 Å². The Morgan fingerprint density at radius 1 is 1.42 bits per heavy atom. The standard InChI is InChI=1S/C10H13NO/c1-7-10(12)6-8-4-2-3-5-9(8)11-7/h2-5,7,10-12H,6H2,1H3. The number of hydrogen-bond acceptors (Lipinski definition) is 2. The van der Waals surface area contributed by atoms with Crippen LogP contribution < -0.4 is 5.32 Å². The van der Waals surface area contributed by atoms with Gasteiger partial charge in [0.2, 0.25) is 0 Å². The molecule has 0 saturated heterocycles. The molecule has 2 unspecified atom stereocenters. The monoisotopic (exact) mass is 163 g/mol. The minimum Gasteiger partial charge on any atom is -0.391 e. The second kappa shape index (κ2) is 2.79. The molecule has 0 amide bonds. The zero-order valence-electron chi connectivity index (χ0n) is 7.12. The lowest BCUT2D eigenvalue weighted by Crippen LogP contribution is -2.36. The summed E-state index contributed by atoms with van der Waals surface area (Å²) in [6, 6.07) is 8.29. The molecular weight excluding hydrogens is 150 g/mol. The first-order valence-corrected chi connectivity index (χ1v) is 4.30. The summed E-state index contributed by atoms with van der Waals surface area (Å²) in [5.41, 5.74) is 2.37. The van der Waals surface area contributed by atoms with Gasteiger partial charge in [0, 0.05) is 18.2 Å². The van der Waals surface area contributed by atoms with Gasteiger partial charge >= 0.3 is 0 Å². The molecule has 2 atom stereocenters. The van der Waals surface area contributed by atoms with Gasteiger partial charge in [-0.05, 0) is 18.6 Å². The molecule has 0 radical (unpaired) electrons. The Morgan fingerprint density at radius 3 is 3.00 bits per heavy atom. The van der Waals surface area contributed by atoms with Crippen molar-refractivity contribution in [3.8, 4) is 0 Å². The van der Waals surface area contributed by atoms with Crippen LogP contribution in [0.15, 0.2) is 24.3 Å². The van der Waals surface area contributed by atoms with Gasteiger partial charge in [-0.1, -0.05) is 18.2 Å². The van der Waals surface area contributed by atoms with E-state index in [4.69, 9.17) is 0 Å². The molecule has 12 heavy (non-hydrogen) atoms. The minimum absolute atomic E-state index is 0.167. The van der Waals surface area contributed by atoms with Crippen molar-refractivity contribution in [1.29, 1.82) is 0 Å². The summed E-state index contributed by atoms with van der Waals surface area (Å²) in [6.07, 6.45) is 0.518. The molecule has 64 valence electrons. The third-order valence-electron chi connectivity index (χ3n) is 2.41. The molecule has 0 saturated carbocycles. The fourth-order valence-electron chi connectivity index (χ4n) is 1.58. The van der Waals surface area contributed by atoms with E-state index >= 15 is 0 Å². The quantitative estimate of drug-likeness (QED) is 0.606. The van der Waals surface area contributed by atoms with E-state index in [0.29, 0.717) is 0 Å². The highest BCUT2D eigenvalue weighted by Gasteiger charge is 2.21. The predicted octanol–water partition coefficient (Wildman–Crippen LogP) is 1.40. The van der Waals surface area contributed by atoms with Gasteiger partial charge in [0.1, 0.15) is 0 Å².